The second-order valence-electron chi connectivity index (χ2n) is 9.62. The van der Waals surface area contributed by atoms with Gasteiger partial charge < -0.3 is 29.7 Å². The summed E-state index contributed by atoms with van der Waals surface area (Å²) in [4.78, 5) is 43.2. The third kappa shape index (κ3) is 4.71. The van der Waals surface area contributed by atoms with Crippen LogP contribution in [0.15, 0.2) is 53.6 Å². The Balaban J connectivity index is 1.34. The maximum Gasteiger partial charge on any atom is 0.257 e. The number of nitrogens with one attached hydrogen (secondary N) is 3. The number of amides is 2. The fourth-order valence-corrected chi connectivity index (χ4v) is 4.89. The van der Waals surface area contributed by atoms with E-state index in [9.17, 15) is 14.4 Å². The Labute approximate surface area is 220 Å². The van der Waals surface area contributed by atoms with Crippen LogP contribution in [0, 0.1) is 5.92 Å². The summed E-state index contributed by atoms with van der Waals surface area (Å²) < 4.78 is 12.7. The number of fused-ring (bicyclic) bond motifs is 3. The molecule has 2 atom stereocenters. The first-order valence-electron chi connectivity index (χ1n) is 13.0. The fourth-order valence-electron chi connectivity index (χ4n) is 4.89. The number of carbonyl (C=O) groups excluding carboxylic acids is 2. The number of hydrogen-bond acceptors (Lipinski definition) is 5. The van der Waals surface area contributed by atoms with Crippen LogP contribution in [0.2, 0.25) is 0 Å². The van der Waals surface area contributed by atoms with Crippen molar-refractivity contribution in [2.75, 3.05) is 13.3 Å². The van der Waals surface area contributed by atoms with Crippen molar-refractivity contribution in [3.63, 3.8) is 0 Å². The van der Waals surface area contributed by atoms with Crippen molar-refractivity contribution in [1.82, 2.24) is 20.2 Å². The summed E-state index contributed by atoms with van der Waals surface area (Å²) >= 11 is 0. The first-order valence-corrected chi connectivity index (χ1v) is 13.0. The number of pyridine rings is 1. The van der Waals surface area contributed by atoms with Gasteiger partial charge in [-0.25, -0.2) is 0 Å². The van der Waals surface area contributed by atoms with Crippen molar-refractivity contribution in [3.8, 4) is 11.5 Å². The Morgan fingerprint density at radius 1 is 1.11 bits per heavy atom. The van der Waals surface area contributed by atoms with E-state index < -0.39 is 17.4 Å². The lowest BCUT2D eigenvalue weighted by atomic mass is 9.97. The first kappa shape index (κ1) is 25.4. The number of aromatic nitrogens is 2. The van der Waals surface area contributed by atoms with Crippen molar-refractivity contribution in [3.05, 3.63) is 70.1 Å². The zero-order valence-electron chi connectivity index (χ0n) is 21.8. The summed E-state index contributed by atoms with van der Waals surface area (Å²) in [6.07, 6.45) is 4.83. The van der Waals surface area contributed by atoms with Crippen molar-refractivity contribution in [1.29, 1.82) is 0 Å². The van der Waals surface area contributed by atoms with E-state index in [0.29, 0.717) is 48.3 Å². The Kier molecular flexibility index (Phi) is 7.09. The number of aryl methyl sites for hydroxylation is 1. The molecule has 2 aromatic heterocycles. The topological polar surface area (TPSA) is 114 Å². The zero-order chi connectivity index (χ0) is 26.8. The van der Waals surface area contributed by atoms with Gasteiger partial charge in [-0.1, -0.05) is 38.5 Å². The lowest BCUT2D eigenvalue weighted by Crippen LogP contribution is -2.51. The van der Waals surface area contributed by atoms with Crippen molar-refractivity contribution in [2.24, 2.45) is 5.92 Å². The zero-order valence-corrected chi connectivity index (χ0v) is 21.8. The number of rotatable bonds is 9. The molecule has 0 aliphatic carbocycles. The lowest BCUT2D eigenvalue weighted by molar-refractivity contribution is -0.124. The second-order valence-corrected chi connectivity index (χ2v) is 9.62. The molecule has 5 rings (SSSR count). The smallest absolute Gasteiger partial charge is 0.257 e. The molecule has 198 valence electrons. The molecule has 2 amide bonds. The number of ether oxygens (including phenoxy) is 2. The van der Waals surface area contributed by atoms with Crippen LogP contribution in [0.25, 0.3) is 21.8 Å². The molecular weight excluding hydrogens is 484 g/mol. The van der Waals surface area contributed by atoms with E-state index in [-0.39, 0.29) is 24.2 Å². The molecule has 9 heteroatoms. The van der Waals surface area contributed by atoms with Gasteiger partial charge in [0.25, 0.3) is 5.91 Å². The lowest BCUT2D eigenvalue weighted by Gasteiger charge is -2.24. The fraction of sp³-hybridized carbons (Fsp3) is 0.345. The van der Waals surface area contributed by atoms with E-state index in [4.69, 9.17) is 9.47 Å². The third-order valence-electron chi connectivity index (χ3n) is 7.31. The van der Waals surface area contributed by atoms with Gasteiger partial charge in [-0.15, -0.1) is 0 Å². The van der Waals surface area contributed by atoms with Gasteiger partial charge >= 0.3 is 0 Å². The molecule has 9 nitrogen and oxygen atoms in total. The van der Waals surface area contributed by atoms with Crippen LogP contribution in [0.3, 0.4) is 0 Å². The van der Waals surface area contributed by atoms with Gasteiger partial charge in [0.1, 0.15) is 11.6 Å². The van der Waals surface area contributed by atoms with Crippen molar-refractivity contribution in [2.45, 2.75) is 46.2 Å². The SMILES string of the molecule is CCC(C)[C@H](NC(=O)c1cn(CC)c2cc3c(cc2c1=O)OCO3)C(=O)NCCc1c[nH]c2ccccc12. The highest BCUT2D eigenvalue weighted by Gasteiger charge is 2.28. The van der Waals surface area contributed by atoms with E-state index in [2.05, 4.69) is 15.6 Å². The van der Waals surface area contributed by atoms with E-state index in [1.165, 1.54) is 0 Å². The summed E-state index contributed by atoms with van der Waals surface area (Å²) in [5.41, 5.74) is 2.39. The van der Waals surface area contributed by atoms with Crippen LogP contribution in [-0.4, -0.2) is 40.7 Å². The minimum Gasteiger partial charge on any atom is -0.454 e. The second kappa shape index (κ2) is 10.6. The average Bonchev–Trinajstić information content (AvgIpc) is 3.57. The van der Waals surface area contributed by atoms with Gasteiger partial charge in [-0.05, 0) is 37.0 Å². The molecular formula is C29H32N4O5. The number of H-pyrrole nitrogens is 1. The standard InChI is InChI=1S/C29H32N4O5/c1-4-17(3)26(29(36)30-11-10-18-14-31-22-9-7-6-8-19(18)22)32-28(35)21-15-33(5-2)23-13-25-24(37-16-38-25)12-20(23)27(21)34/h6-9,12-15,17,26,31H,4-5,10-11,16H2,1-3H3,(H,30,36)(H,32,35)/t17?,26-/m0/s1. The maximum atomic E-state index is 13.4. The van der Waals surface area contributed by atoms with Gasteiger partial charge in [0, 0.05) is 42.5 Å². The molecule has 0 saturated heterocycles. The number of carbonyl (C=O) groups is 2. The molecule has 0 fully saturated rings. The molecule has 0 bridgehead atoms. The summed E-state index contributed by atoms with van der Waals surface area (Å²) in [6.45, 7) is 6.86. The summed E-state index contributed by atoms with van der Waals surface area (Å²) in [6, 6.07) is 10.6. The summed E-state index contributed by atoms with van der Waals surface area (Å²) in [5, 5.41) is 7.30. The average molecular weight is 517 g/mol. The van der Waals surface area contributed by atoms with Crippen LogP contribution in [-0.2, 0) is 17.8 Å². The Hall–Kier alpha value is -4.27. The predicted molar refractivity (Wildman–Crippen MR) is 146 cm³/mol. The van der Waals surface area contributed by atoms with Gasteiger partial charge in [0.05, 0.1) is 10.9 Å². The van der Waals surface area contributed by atoms with E-state index in [0.717, 1.165) is 16.5 Å². The number of hydrogen-bond donors (Lipinski definition) is 3. The molecule has 1 unspecified atom stereocenters. The quantitative estimate of drug-likeness (QED) is 0.314. The number of benzene rings is 2. The monoisotopic (exact) mass is 516 g/mol. The number of para-hydroxylation sites is 1. The molecule has 3 heterocycles. The molecule has 4 aromatic rings. The summed E-state index contributed by atoms with van der Waals surface area (Å²) in [7, 11) is 0. The van der Waals surface area contributed by atoms with Crippen LogP contribution < -0.4 is 25.5 Å². The van der Waals surface area contributed by atoms with E-state index in [1.807, 2.05) is 55.8 Å². The van der Waals surface area contributed by atoms with Gasteiger partial charge in [0.15, 0.2) is 11.5 Å². The normalized spacial score (nSPS) is 14.0. The van der Waals surface area contributed by atoms with Crippen LogP contribution in [0.4, 0.5) is 0 Å². The highest BCUT2D eigenvalue weighted by atomic mass is 16.7. The van der Waals surface area contributed by atoms with Gasteiger partial charge in [-0.2, -0.15) is 0 Å². The minimum absolute atomic E-state index is 0.0156. The van der Waals surface area contributed by atoms with Crippen LogP contribution >= 0.6 is 0 Å². The predicted octanol–water partition coefficient (Wildman–Crippen LogP) is 3.73. The molecule has 2 aromatic carbocycles. The van der Waals surface area contributed by atoms with Crippen LogP contribution in [0.1, 0.15) is 43.1 Å². The van der Waals surface area contributed by atoms with E-state index >= 15 is 0 Å². The van der Waals surface area contributed by atoms with E-state index in [1.54, 1.807) is 18.3 Å². The Morgan fingerprint density at radius 2 is 1.87 bits per heavy atom. The maximum absolute atomic E-state index is 13.4. The van der Waals surface area contributed by atoms with Crippen molar-refractivity contribution >= 4 is 33.6 Å². The number of nitrogens with zero attached hydrogens (tertiary/aromatic N) is 1. The first-order chi connectivity index (χ1) is 18.4. The molecule has 0 spiro atoms. The Bertz CT molecular complexity index is 1570. The van der Waals surface area contributed by atoms with Gasteiger partial charge in [0.2, 0.25) is 18.1 Å². The summed E-state index contributed by atoms with van der Waals surface area (Å²) in [5.74, 6) is 0.0652. The number of aromatic amines is 1. The molecule has 38 heavy (non-hydrogen) atoms. The largest absolute Gasteiger partial charge is 0.454 e. The molecule has 1 aliphatic heterocycles. The molecule has 1 aliphatic rings. The van der Waals surface area contributed by atoms with Gasteiger partial charge in [-0.3, -0.25) is 14.4 Å². The third-order valence-corrected chi connectivity index (χ3v) is 7.31. The Morgan fingerprint density at radius 3 is 2.63 bits per heavy atom. The highest BCUT2D eigenvalue weighted by Crippen LogP contribution is 2.35. The highest BCUT2D eigenvalue weighted by molar-refractivity contribution is 6.00. The minimum atomic E-state index is -0.780. The molecule has 0 radical (unpaired) electrons. The van der Waals surface area contributed by atoms with Crippen molar-refractivity contribution < 1.29 is 19.1 Å². The van der Waals surface area contributed by atoms with Crippen LogP contribution in [0.5, 0.6) is 11.5 Å². The molecule has 0 saturated carbocycles. The molecule has 3 N–H and O–H groups in total.